The Kier molecular flexibility index (Phi) is 38.1. The fourth-order valence-electron chi connectivity index (χ4n) is 4.71. The molecule has 0 bridgehead atoms. The molecule has 0 aromatic carbocycles. The number of nitrogens with one attached hydrogen (secondary N) is 2. The van der Waals surface area contributed by atoms with E-state index in [9.17, 15) is 9.59 Å². The lowest BCUT2D eigenvalue weighted by molar-refractivity contribution is -0.129. The van der Waals surface area contributed by atoms with Crippen molar-refractivity contribution < 1.29 is 66.4 Å². The summed E-state index contributed by atoms with van der Waals surface area (Å²) in [6.45, 7) is 24.0. The average Bonchev–Trinajstić information content (AvgIpc) is 3.14. The topological polar surface area (TPSA) is 169 Å². The van der Waals surface area contributed by atoms with E-state index in [1.807, 2.05) is 20.8 Å². The van der Waals surface area contributed by atoms with Crippen LogP contribution in [0.1, 0.15) is 67.2 Å². The molecule has 334 valence electrons. The fourth-order valence-corrected chi connectivity index (χ4v) is 4.71. The Hall–Kier alpha value is -1.38. The number of carbonyl (C=O) groups excluding carboxylic acids is 2. The first-order chi connectivity index (χ1) is 27.0. The molecule has 0 aliphatic rings. The number of methoxy groups -OCH3 is 1. The minimum atomic E-state index is -0.395. The molecule has 0 spiro atoms. The molecule has 0 rings (SSSR count). The van der Waals surface area contributed by atoms with Gasteiger partial charge in [0.1, 0.15) is 0 Å². The highest BCUT2D eigenvalue weighted by Gasteiger charge is 2.31. The molecule has 0 aromatic heterocycles. The second-order valence-corrected chi connectivity index (χ2v) is 14.9. The predicted molar refractivity (Wildman–Crippen MR) is 214 cm³/mol. The number of rotatable bonds is 43. The van der Waals surface area contributed by atoms with Crippen LogP contribution in [0.25, 0.3) is 0 Å². The third kappa shape index (κ3) is 40.8. The number of carbonyl (C=O) groups is 2. The Bertz CT molecular complexity index is 873. The van der Waals surface area contributed by atoms with E-state index >= 15 is 0 Å². The van der Waals surface area contributed by atoms with Crippen molar-refractivity contribution >= 4 is 11.7 Å². The molecule has 0 saturated carbocycles. The zero-order valence-electron chi connectivity index (χ0n) is 36.1. The molecule has 0 radical (unpaired) electrons. The van der Waals surface area contributed by atoms with Crippen molar-refractivity contribution in [1.82, 2.24) is 10.6 Å². The summed E-state index contributed by atoms with van der Waals surface area (Å²) in [5, 5.41) is 6.39. The van der Waals surface area contributed by atoms with Gasteiger partial charge in [0.2, 0.25) is 5.91 Å². The van der Waals surface area contributed by atoms with Crippen LogP contribution in [0.2, 0.25) is 0 Å². The van der Waals surface area contributed by atoms with E-state index in [1.54, 1.807) is 7.11 Å². The number of unbranched alkanes of at least 4 members (excludes halogenated alkanes) is 1. The van der Waals surface area contributed by atoms with E-state index in [-0.39, 0.29) is 23.3 Å². The van der Waals surface area contributed by atoms with Gasteiger partial charge in [-0.05, 0) is 40.0 Å². The Morgan fingerprint density at radius 3 is 1.04 bits per heavy atom. The summed E-state index contributed by atoms with van der Waals surface area (Å²) in [4.78, 5) is 24.9. The van der Waals surface area contributed by atoms with Crippen LogP contribution in [-0.2, 0) is 66.4 Å². The summed E-state index contributed by atoms with van der Waals surface area (Å²) in [7, 11) is 1.64. The van der Waals surface area contributed by atoms with Gasteiger partial charge in [-0.15, -0.1) is 0 Å². The molecule has 0 aliphatic heterocycles. The van der Waals surface area contributed by atoms with Crippen molar-refractivity contribution in [1.29, 1.82) is 0 Å². The van der Waals surface area contributed by atoms with Crippen molar-refractivity contribution in [2.75, 3.05) is 166 Å². The standard InChI is InChI=1S/C40H80N2O14/c1-39(2,3)38(44)36(42-40(4,5)6)10-8-9-12-41-37(43)11-13-46-16-17-48-20-21-50-24-25-52-28-29-54-32-33-56-35-34-55-31-30-53-27-26-51-23-22-49-19-18-47-15-14-45-7/h36,42H,8-35H2,1-7H3,(H,41,43). The Labute approximate surface area is 338 Å². The van der Waals surface area contributed by atoms with Crippen LogP contribution in [0.15, 0.2) is 0 Å². The van der Waals surface area contributed by atoms with Crippen molar-refractivity contribution in [3.05, 3.63) is 0 Å². The van der Waals surface area contributed by atoms with Gasteiger partial charge in [0, 0.05) is 31.0 Å². The molecule has 0 aliphatic carbocycles. The minimum Gasteiger partial charge on any atom is -0.382 e. The fraction of sp³-hybridized carbons (Fsp3) is 0.950. The van der Waals surface area contributed by atoms with Gasteiger partial charge < -0.3 is 67.5 Å². The highest BCUT2D eigenvalue weighted by atomic mass is 16.6. The van der Waals surface area contributed by atoms with E-state index in [4.69, 9.17) is 56.8 Å². The van der Waals surface area contributed by atoms with Gasteiger partial charge in [0.25, 0.3) is 0 Å². The maximum absolute atomic E-state index is 12.8. The molecule has 0 heterocycles. The largest absolute Gasteiger partial charge is 0.382 e. The van der Waals surface area contributed by atoms with Gasteiger partial charge in [-0.1, -0.05) is 20.8 Å². The van der Waals surface area contributed by atoms with Crippen molar-refractivity contribution in [2.24, 2.45) is 5.41 Å². The monoisotopic (exact) mass is 813 g/mol. The van der Waals surface area contributed by atoms with E-state index in [0.717, 1.165) is 19.3 Å². The molecule has 0 fully saturated rings. The molecule has 0 saturated heterocycles. The number of hydrogen-bond acceptors (Lipinski definition) is 15. The molecule has 16 nitrogen and oxygen atoms in total. The quantitative estimate of drug-likeness (QED) is 0.0862. The van der Waals surface area contributed by atoms with Crippen molar-refractivity contribution in [3.63, 3.8) is 0 Å². The number of ether oxygens (including phenoxy) is 12. The van der Waals surface area contributed by atoms with Crippen molar-refractivity contribution in [2.45, 2.75) is 78.8 Å². The lowest BCUT2D eigenvalue weighted by Crippen LogP contribution is -2.50. The van der Waals surface area contributed by atoms with Gasteiger partial charge in [0.05, 0.1) is 158 Å². The molecule has 0 aromatic rings. The second kappa shape index (κ2) is 39.1. The highest BCUT2D eigenvalue weighted by molar-refractivity contribution is 5.88. The maximum Gasteiger partial charge on any atom is 0.222 e. The summed E-state index contributed by atoms with van der Waals surface area (Å²) < 4.78 is 65.0. The summed E-state index contributed by atoms with van der Waals surface area (Å²) in [6.07, 6.45) is 2.73. The second-order valence-electron chi connectivity index (χ2n) is 14.9. The van der Waals surface area contributed by atoms with Crippen LogP contribution in [0.3, 0.4) is 0 Å². The smallest absolute Gasteiger partial charge is 0.222 e. The van der Waals surface area contributed by atoms with Crippen LogP contribution in [0.5, 0.6) is 0 Å². The normalized spacial score (nSPS) is 12.7. The number of Topliss-reactive ketones (excluding diaryl/α,β-unsaturated/α-hetero) is 1. The zero-order chi connectivity index (χ0) is 41.4. The Morgan fingerprint density at radius 2 is 0.750 bits per heavy atom. The molecule has 1 amide bonds. The van der Waals surface area contributed by atoms with E-state index in [1.165, 1.54) is 0 Å². The number of amides is 1. The molecule has 56 heavy (non-hydrogen) atoms. The van der Waals surface area contributed by atoms with Crippen LogP contribution in [0.4, 0.5) is 0 Å². The summed E-state index contributed by atoms with van der Waals surface area (Å²) in [5.74, 6) is 0.181. The Morgan fingerprint density at radius 1 is 0.446 bits per heavy atom. The average molecular weight is 813 g/mol. The molecule has 2 N–H and O–H groups in total. The Balaban J connectivity index is 3.32. The summed E-state index contributed by atoms with van der Waals surface area (Å²) in [5.41, 5.74) is -0.538. The van der Waals surface area contributed by atoms with Crippen LogP contribution in [0, 0.1) is 5.41 Å². The van der Waals surface area contributed by atoms with Gasteiger partial charge in [-0.2, -0.15) is 0 Å². The van der Waals surface area contributed by atoms with Crippen LogP contribution < -0.4 is 10.6 Å². The first-order valence-corrected chi connectivity index (χ1v) is 20.4. The third-order valence-corrected chi connectivity index (χ3v) is 7.53. The van der Waals surface area contributed by atoms with E-state index in [2.05, 4.69) is 31.4 Å². The third-order valence-electron chi connectivity index (χ3n) is 7.53. The predicted octanol–water partition coefficient (Wildman–Crippen LogP) is 2.86. The molecule has 1 unspecified atom stereocenters. The maximum atomic E-state index is 12.8. The van der Waals surface area contributed by atoms with Crippen LogP contribution >= 0.6 is 0 Å². The SMILES string of the molecule is COCCOCCOCCOCCOCCOCCOCCOCCOCCOCCOCCOCCC(=O)NCCCCC(NC(C)(C)C)C(=O)C(C)(C)C. The first-order valence-electron chi connectivity index (χ1n) is 20.4. The van der Waals surface area contributed by atoms with E-state index in [0.29, 0.717) is 165 Å². The van der Waals surface area contributed by atoms with E-state index < -0.39 is 5.41 Å². The summed E-state index contributed by atoms with van der Waals surface area (Å²) >= 11 is 0. The van der Waals surface area contributed by atoms with Gasteiger partial charge >= 0.3 is 0 Å². The van der Waals surface area contributed by atoms with Gasteiger partial charge in [-0.3, -0.25) is 9.59 Å². The summed E-state index contributed by atoms with van der Waals surface area (Å²) in [6, 6.07) is -0.189. The highest BCUT2D eigenvalue weighted by Crippen LogP contribution is 2.21. The number of hydrogen-bond donors (Lipinski definition) is 2. The molecule has 1 atom stereocenters. The van der Waals surface area contributed by atoms with Crippen LogP contribution in [-0.4, -0.2) is 189 Å². The van der Waals surface area contributed by atoms with Crippen molar-refractivity contribution in [3.8, 4) is 0 Å². The molecular weight excluding hydrogens is 732 g/mol. The lowest BCUT2D eigenvalue weighted by atomic mass is 9.84. The molecule has 16 heteroatoms. The number of ketones is 1. The zero-order valence-corrected chi connectivity index (χ0v) is 36.1. The minimum absolute atomic E-state index is 0.0399. The first kappa shape index (κ1) is 54.6. The van der Waals surface area contributed by atoms with Gasteiger partial charge in [0.15, 0.2) is 5.78 Å². The lowest BCUT2D eigenvalue weighted by Gasteiger charge is -2.31. The molecular formula is C40H80N2O14. The van der Waals surface area contributed by atoms with Gasteiger partial charge in [-0.25, -0.2) is 0 Å².